The highest BCUT2D eigenvalue weighted by atomic mass is 19.1. The predicted octanol–water partition coefficient (Wildman–Crippen LogP) is 2.61. The predicted molar refractivity (Wildman–Crippen MR) is 60.8 cm³/mol. The monoisotopic (exact) mass is 238 g/mol. The van der Waals surface area contributed by atoms with Crippen LogP contribution in [0.2, 0.25) is 0 Å². The molecule has 1 aromatic rings. The molecule has 1 fully saturated rings. The second-order valence-electron chi connectivity index (χ2n) is 4.52. The molecule has 1 saturated heterocycles. The zero-order valence-electron chi connectivity index (χ0n) is 9.65. The normalized spacial score (nSPS) is 23.3. The van der Waals surface area contributed by atoms with Gasteiger partial charge in [0.05, 0.1) is 12.2 Å². The van der Waals surface area contributed by atoms with Gasteiger partial charge in [0, 0.05) is 12.5 Å². The lowest BCUT2D eigenvalue weighted by Gasteiger charge is -2.26. The van der Waals surface area contributed by atoms with E-state index in [0.717, 1.165) is 0 Å². The molecule has 0 bridgehead atoms. The number of benzene rings is 1. The molecule has 0 aromatic heterocycles. The first kappa shape index (κ1) is 12.0. The number of carboxylic acids is 1. The Morgan fingerprint density at radius 1 is 1.47 bits per heavy atom. The van der Waals surface area contributed by atoms with Crippen LogP contribution in [0.1, 0.15) is 29.3 Å². The van der Waals surface area contributed by atoms with Gasteiger partial charge in [0.1, 0.15) is 5.67 Å². The molecule has 0 saturated carbocycles. The first-order valence-corrected chi connectivity index (χ1v) is 5.62. The van der Waals surface area contributed by atoms with E-state index >= 15 is 0 Å². The third-order valence-corrected chi connectivity index (χ3v) is 3.39. The van der Waals surface area contributed by atoms with Crippen molar-refractivity contribution in [3.05, 3.63) is 35.4 Å². The molecule has 92 valence electrons. The molecule has 0 radical (unpaired) electrons. The largest absolute Gasteiger partial charge is 0.478 e. The van der Waals surface area contributed by atoms with E-state index in [1.807, 2.05) is 0 Å². The number of halogens is 1. The third kappa shape index (κ3) is 2.31. The fourth-order valence-corrected chi connectivity index (χ4v) is 2.14. The van der Waals surface area contributed by atoms with E-state index in [-0.39, 0.29) is 11.5 Å². The van der Waals surface area contributed by atoms with Crippen LogP contribution in [0, 0.1) is 5.92 Å². The van der Waals surface area contributed by atoms with Crippen LogP contribution in [0.25, 0.3) is 0 Å². The van der Waals surface area contributed by atoms with Crippen molar-refractivity contribution in [2.45, 2.75) is 19.0 Å². The maximum Gasteiger partial charge on any atom is 0.335 e. The minimum absolute atomic E-state index is 0.154. The van der Waals surface area contributed by atoms with Crippen LogP contribution in [0.15, 0.2) is 24.3 Å². The molecule has 17 heavy (non-hydrogen) atoms. The Bertz CT molecular complexity index is 405. The summed E-state index contributed by atoms with van der Waals surface area (Å²) in [4.78, 5) is 10.7. The zero-order valence-corrected chi connectivity index (χ0v) is 9.65. The number of alkyl halides is 1. The van der Waals surface area contributed by atoms with Crippen LogP contribution in [-0.4, -0.2) is 24.3 Å². The Morgan fingerprint density at radius 2 is 2.12 bits per heavy atom. The molecule has 2 rings (SSSR count). The first-order chi connectivity index (χ1) is 8.01. The second-order valence-corrected chi connectivity index (χ2v) is 4.52. The smallest absolute Gasteiger partial charge is 0.335 e. The Balaban J connectivity index is 2.23. The van der Waals surface area contributed by atoms with Gasteiger partial charge in [-0.15, -0.1) is 0 Å². The van der Waals surface area contributed by atoms with Gasteiger partial charge in [0.2, 0.25) is 0 Å². The van der Waals surface area contributed by atoms with Crippen molar-refractivity contribution in [3.63, 3.8) is 0 Å². The van der Waals surface area contributed by atoms with E-state index in [2.05, 4.69) is 0 Å². The Kier molecular flexibility index (Phi) is 3.15. The van der Waals surface area contributed by atoms with E-state index in [9.17, 15) is 9.18 Å². The Labute approximate surface area is 99.2 Å². The van der Waals surface area contributed by atoms with E-state index in [0.29, 0.717) is 25.2 Å². The highest BCUT2D eigenvalue weighted by Gasteiger charge is 2.38. The van der Waals surface area contributed by atoms with Crippen LogP contribution >= 0.6 is 0 Å². The van der Waals surface area contributed by atoms with Crippen molar-refractivity contribution in [1.29, 1.82) is 0 Å². The summed E-state index contributed by atoms with van der Waals surface area (Å²) in [6.07, 6.45) is 0.702. The molecule has 1 aliphatic heterocycles. The molecule has 0 amide bonds. The van der Waals surface area contributed by atoms with E-state index in [4.69, 9.17) is 9.84 Å². The molecule has 4 heteroatoms. The highest BCUT2D eigenvalue weighted by molar-refractivity contribution is 5.87. The average Bonchev–Trinajstić information content (AvgIpc) is 2.83. The zero-order chi connectivity index (χ0) is 12.5. The van der Waals surface area contributed by atoms with Gasteiger partial charge in [-0.1, -0.05) is 12.1 Å². The summed E-state index contributed by atoms with van der Waals surface area (Å²) in [7, 11) is 0. The van der Waals surface area contributed by atoms with Crippen molar-refractivity contribution in [2.24, 2.45) is 5.92 Å². The van der Waals surface area contributed by atoms with E-state index in [1.54, 1.807) is 12.1 Å². The second kappa shape index (κ2) is 4.45. The third-order valence-electron chi connectivity index (χ3n) is 3.39. The first-order valence-electron chi connectivity index (χ1n) is 5.62. The number of hydrogen-bond acceptors (Lipinski definition) is 2. The Hall–Kier alpha value is -1.42. The number of rotatable bonds is 3. The lowest BCUT2D eigenvalue weighted by Crippen LogP contribution is -2.27. The number of hydrogen-bond donors (Lipinski definition) is 1. The summed E-state index contributed by atoms with van der Waals surface area (Å²) in [5.74, 6) is -1.15. The van der Waals surface area contributed by atoms with Gasteiger partial charge in [-0.25, -0.2) is 9.18 Å². The van der Waals surface area contributed by atoms with Gasteiger partial charge in [0.15, 0.2) is 0 Å². The average molecular weight is 238 g/mol. The minimum Gasteiger partial charge on any atom is -0.478 e. The molecule has 1 N–H and O–H groups in total. The summed E-state index contributed by atoms with van der Waals surface area (Å²) < 4.78 is 19.8. The van der Waals surface area contributed by atoms with Gasteiger partial charge in [-0.05, 0) is 31.0 Å². The molecule has 3 nitrogen and oxygen atoms in total. The molecule has 1 aromatic carbocycles. The molecule has 1 aliphatic rings. The molecule has 0 spiro atoms. The van der Waals surface area contributed by atoms with Crippen molar-refractivity contribution in [2.75, 3.05) is 13.2 Å². The SMILES string of the molecule is CC(F)(c1ccc(C(=O)O)cc1)C1CCOC1. The molecular formula is C13H15FO3. The summed E-state index contributed by atoms with van der Waals surface area (Å²) in [6.45, 7) is 2.55. The Morgan fingerprint density at radius 3 is 2.59 bits per heavy atom. The maximum absolute atomic E-state index is 14.6. The van der Waals surface area contributed by atoms with Crippen molar-refractivity contribution in [1.82, 2.24) is 0 Å². The lowest BCUT2D eigenvalue weighted by molar-refractivity contribution is 0.0694. The van der Waals surface area contributed by atoms with Gasteiger partial charge >= 0.3 is 5.97 Å². The minimum atomic E-state index is -1.46. The molecule has 1 heterocycles. The molecule has 0 aliphatic carbocycles. The summed E-state index contributed by atoms with van der Waals surface area (Å²) in [5, 5.41) is 8.78. The van der Waals surface area contributed by atoms with Crippen LogP contribution in [0.4, 0.5) is 4.39 Å². The standard InChI is InChI=1S/C13H15FO3/c1-13(14,11-6-7-17-8-11)10-4-2-9(3-5-10)12(15)16/h2-5,11H,6-8H2,1H3,(H,15,16). The van der Waals surface area contributed by atoms with Crippen LogP contribution in [0.3, 0.4) is 0 Å². The number of carboxylic acid groups (broad SMARTS) is 1. The van der Waals surface area contributed by atoms with Crippen LogP contribution in [-0.2, 0) is 10.4 Å². The van der Waals surface area contributed by atoms with Crippen LogP contribution < -0.4 is 0 Å². The van der Waals surface area contributed by atoms with Crippen molar-refractivity contribution >= 4 is 5.97 Å². The van der Waals surface area contributed by atoms with Gasteiger partial charge in [0.25, 0.3) is 0 Å². The summed E-state index contributed by atoms with van der Waals surface area (Å²) in [6, 6.07) is 5.96. The van der Waals surface area contributed by atoms with Crippen molar-refractivity contribution < 1.29 is 19.0 Å². The topological polar surface area (TPSA) is 46.5 Å². The van der Waals surface area contributed by atoms with E-state index < -0.39 is 11.6 Å². The quantitative estimate of drug-likeness (QED) is 0.880. The highest BCUT2D eigenvalue weighted by Crippen LogP contribution is 2.38. The summed E-state index contributed by atoms with van der Waals surface area (Å²) >= 11 is 0. The number of carbonyl (C=O) groups is 1. The van der Waals surface area contributed by atoms with E-state index in [1.165, 1.54) is 19.1 Å². The van der Waals surface area contributed by atoms with Gasteiger partial charge in [-0.2, -0.15) is 0 Å². The fraction of sp³-hybridized carbons (Fsp3) is 0.462. The van der Waals surface area contributed by atoms with Crippen LogP contribution in [0.5, 0.6) is 0 Å². The number of aromatic carboxylic acids is 1. The molecule has 2 atom stereocenters. The fourth-order valence-electron chi connectivity index (χ4n) is 2.14. The van der Waals surface area contributed by atoms with Gasteiger partial charge in [-0.3, -0.25) is 0 Å². The number of ether oxygens (including phenoxy) is 1. The van der Waals surface area contributed by atoms with Gasteiger partial charge < -0.3 is 9.84 Å². The summed E-state index contributed by atoms with van der Waals surface area (Å²) in [5.41, 5.74) is -0.779. The van der Waals surface area contributed by atoms with Crippen molar-refractivity contribution in [3.8, 4) is 0 Å². The maximum atomic E-state index is 14.6. The molecular weight excluding hydrogens is 223 g/mol. The molecule has 2 unspecified atom stereocenters. The lowest BCUT2D eigenvalue weighted by atomic mass is 9.84.